The van der Waals surface area contributed by atoms with Crippen LogP contribution >= 0.6 is 0 Å². The van der Waals surface area contributed by atoms with E-state index >= 15 is 4.39 Å². The van der Waals surface area contributed by atoms with Crippen LogP contribution in [0.5, 0.6) is 0 Å². The third kappa shape index (κ3) is 4.44. The molecule has 3 aromatic heterocycles. The fraction of sp³-hybridized carbons (Fsp3) is 0.259. The Balaban J connectivity index is 1.49. The van der Waals surface area contributed by atoms with E-state index in [1.165, 1.54) is 6.07 Å². The highest BCUT2D eigenvalue weighted by Gasteiger charge is 2.17. The van der Waals surface area contributed by atoms with Crippen LogP contribution in [-0.2, 0) is 7.05 Å². The molecule has 0 bridgehead atoms. The minimum absolute atomic E-state index is 0.272. The molecule has 2 N–H and O–H groups in total. The van der Waals surface area contributed by atoms with Crippen molar-refractivity contribution in [2.45, 2.75) is 6.92 Å². The van der Waals surface area contributed by atoms with Crippen LogP contribution < -0.4 is 10.2 Å². The molecule has 0 saturated heterocycles. The van der Waals surface area contributed by atoms with E-state index in [0.717, 1.165) is 52.8 Å². The minimum atomic E-state index is -0.272. The lowest BCUT2D eigenvalue weighted by molar-refractivity contribution is 0.413. The Morgan fingerprint density at radius 2 is 1.86 bits per heavy atom. The third-order valence-electron chi connectivity index (χ3n) is 6.31. The molecule has 0 fully saturated rings. The van der Waals surface area contributed by atoms with Gasteiger partial charge in [0.1, 0.15) is 11.5 Å². The molecule has 0 aliphatic heterocycles. The lowest BCUT2D eigenvalue weighted by Crippen LogP contribution is -2.32. The molecule has 2 aromatic carbocycles. The summed E-state index contributed by atoms with van der Waals surface area (Å²) in [6.07, 6.45) is 3.95. The number of para-hydroxylation sites is 1. The largest absolute Gasteiger partial charge is 0.368 e. The Bertz CT molecular complexity index is 1480. The molecule has 0 atom stereocenters. The highest BCUT2D eigenvalue weighted by molar-refractivity contribution is 6.02. The van der Waals surface area contributed by atoms with Crippen molar-refractivity contribution in [1.82, 2.24) is 24.4 Å². The van der Waals surface area contributed by atoms with Crippen LogP contribution in [0.25, 0.3) is 33.2 Å². The number of hydrogen-bond donors (Lipinski definition) is 2. The molecule has 8 heteroatoms. The first kappa shape index (κ1) is 22.9. The van der Waals surface area contributed by atoms with E-state index in [0.29, 0.717) is 17.3 Å². The second-order valence-electron chi connectivity index (χ2n) is 8.98. The fourth-order valence-corrected chi connectivity index (χ4v) is 4.47. The van der Waals surface area contributed by atoms with E-state index in [4.69, 9.17) is 4.98 Å². The van der Waals surface area contributed by atoms with Crippen molar-refractivity contribution in [3.8, 4) is 11.3 Å². The number of halogens is 1. The van der Waals surface area contributed by atoms with Crippen LogP contribution in [0, 0.1) is 5.82 Å². The van der Waals surface area contributed by atoms with Crippen LogP contribution in [0.3, 0.4) is 0 Å². The molecule has 7 nitrogen and oxygen atoms in total. The molecule has 0 amide bonds. The highest BCUT2D eigenvalue weighted by Crippen LogP contribution is 2.34. The number of nitrogens with zero attached hydrogens (tertiary/aromatic N) is 5. The maximum atomic E-state index is 15.1. The highest BCUT2D eigenvalue weighted by atomic mass is 19.1. The predicted molar refractivity (Wildman–Crippen MR) is 142 cm³/mol. The lowest BCUT2D eigenvalue weighted by atomic mass is 10.1. The normalized spacial score (nSPS) is 11.6. The zero-order valence-corrected chi connectivity index (χ0v) is 20.5. The zero-order chi connectivity index (χ0) is 24.5. The number of aryl methyl sites for hydroxylation is 1. The number of hydrogen-bond acceptors (Lipinski definition) is 5. The van der Waals surface area contributed by atoms with E-state index in [9.17, 15) is 0 Å². The Hall–Kier alpha value is -3.91. The summed E-state index contributed by atoms with van der Waals surface area (Å²) in [5.41, 5.74) is 4.91. The van der Waals surface area contributed by atoms with Crippen molar-refractivity contribution in [1.29, 1.82) is 0 Å². The summed E-state index contributed by atoms with van der Waals surface area (Å²) < 4.78 is 17.2. The number of likely N-dealkylation sites (N-methyl/N-ethyl adjacent to an activating group) is 2. The standard InChI is InChI=1S/C27H30FN7/c1-5-35(15-14-33(2)3)24-11-10-18(16-22(24)28)30-27-31-25(20-12-13-29-26(20)32-27)21-17-34(4)23-9-7-6-8-19(21)23/h6-13,16-17H,5,14-15H2,1-4H3,(H2,29,30,31,32). The van der Waals surface area contributed by atoms with Crippen molar-refractivity contribution in [3.05, 3.63) is 66.7 Å². The van der Waals surface area contributed by atoms with Crippen LogP contribution in [0.1, 0.15) is 6.92 Å². The fourth-order valence-electron chi connectivity index (χ4n) is 4.47. The van der Waals surface area contributed by atoms with Gasteiger partial charge >= 0.3 is 0 Å². The van der Waals surface area contributed by atoms with Crippen LogP contribution in [0.4, 0.5) is 21.7 Å². The molecule has 180 valence electrons. The van der Waals surface area contributed by atoms with Gasteiger partial charge in [-0.1, -0.05) is 18.2 Å². The molecular weight excluding hydrogens is 441 g/mol. The number of aromatic nitrogens is 4. The Morgan fingerprint density at radius 3 is 2.63 bits per heavy atom. The first-order chi connectivity index (χ1) is 16.9. The summed E-state index contributed by atoms with van der Waals surface area (Å²) in [5.74, 6) is 0.140. The summed E-state index contributed by atoms with van der Waals surface area (Å²) >= 11 is 0. The number of aromatic amines is 1. The molecule has 5 rings (SSSR count). The molecular formula is C27H30FN7. The smallest absolute Gasteiger partial charge is 0.229 e. The van der Waals surface area contributed by atoms with E-state index in [2.05, 4.69) is 43.1 Å². The van der Waals surface area contributed by atoms with Gasteiger partial charge in [-0.25, -0.2) is 9.37 Å². The number of fused-ring (bicyclic) bond motifs is 2. The quantitative estimate of drug-likeness (QED) is 0.318. The number of H-pyrrole nitrogens is 1. The minimum Gasteiger partial charge on any atom is -0.368 e. The first-order valence-electron chi connectivity index (χ1n) is 11.8. The maximum Gasteiger partial charge on any atom is 0.229 e. The molecule has 0 aliphatic carbocycles. The van der Waals surface area contributed by atoms with E-state index in [-0.39, 0.29) is 5.82 Å². The van der Waals surface area contributed by atoms with Gasteiger partial charge in [0.15, 0.2) is 0 Å². The summed E-state index contributed by atoms with van der Waals surface area (Å²) in [6.45, 7) is 4.39. The third-order valence-corrected chi connectivity index (χ3v) is 6.31. The van der Waals surface area contributed by atoms with Gasteiger partial charge in [-0.3, -0.25) is 0 Å². The average molecular weight is 472 g/mol. The topological polar surface area (TPSA) is 65.0 Å². The van der Waals surface area contributed by atoms with Gasteiger partial charge in [-0.2, -0.15) is 4.98 Å². The van der Waals surface area contributed by atoms with Gasteiger partial charge in [0, 0.05) is 66.6 Å². The molecule has 0 aliphatic rings. The van der Waals surface area contributed by atoms with E-state index in [1.54, 1.807) is 0 Å². The predicted octanol–water partition coefficient (Wildman–Crippen LogP) is 5.39. The Kier molecular flexibility index (Phi) is 6.13. The SMILES string of the molecule is CCN(CCN(C)C)c1ccc(Nc2nc(-c3cn(C)c4ccccc34)c3cc[nH]c3n2)cc1F. The van der Waals surface area contributed by atoms with Gasteiger partial charge in [0.25, 0.3) is 0 Å². The summed E-state index contributed by atoms with van der Waals surface area (Å²) in [5, 5.41) is 5.27. The molecule has 35 heavy (non-hydrogen) atoms. The van der Waals surface area contributed by atoms with Gasteiger partial charge in [-0.05, 0) is 51.4 Å². The molecule has 0 saturated carbocycles. The van der Waals surface area contributed by atoms with Crippen LogP contribution in [-0.4, -0.2) is 58.1 Å². The molecule has 3 heterocycles. The van der Waals surface area contributed by atoms with Crippen molar-refractivity contribution >= 4 is 39.3 Å². The molecule has 5 aromatic rings. The monoisotopic (exact) mass is 471 g/mol. The average Bonchev–Trinajstić information content (AvgIpc) is 3.44. The second kappa shape index (κ2) is 9.38. The first-order valence-corrected chi connectivity index (χ1v) is 11.8. The van der Waals surface area contributed by atoms with Gasteiger partial charge in [0.2, 0.25) is 5.95 Å². The molecule has 0 spiro atoms. The maximum absolute atomic E-state index is 15.1. The molecule has 0 unspecified atom stereocenters. The Labute approximate surface area is 204 Å². The van der Waals surface area contributed by atoms with Crippen LogP contribution in [0.2, 0.25) is 0 Å². The van der Waals surface area contributed by atoms with E-state index < -0.39 is 0 Å². The van der Waals surface area contributed by atoms with Crippen LogP contribution in [0.15, 0.2) is 60.9 Å². The van der Waals surface area contributed by atoms with Crippen molar-refractivity contribution < 1.29 is 4.39 Å². The van der Waals surface area contributed by atoms with Gasteiger partial charge in [0.05, 0.1) is 11.4 Å². The summed E-state index contributed by atoms with van der Waals surface area (Å²) in [6, 6.07) is 15.4. The Morgan fingerprint density at radius 1 is 1.03 bits per heavy atom. The van der Waals surface area contributed by atoms with Crippen molar-refractivity contribution in [3.63, 3.8) is 0 Å². The van der Waals surface area contributed by atoms with Crippen molar-refractivity contribution in [2.75, 3.05) is 43.9 Å². The number of benzene rings is 2. The number of rotatable bonds is 8. The lowest BCUT2D eigenvalue weighted by Gasteiger charge is -2.25. The van der Waals surface area contributed by atoms with Gasteiger partial charge in [-0.15, -0.1) is 0 Å². The molecule has 0 radical (unpaired) electrons. The summed E-state index contributed by atoms with van der Waals surface area (Å²) in [4.78, 5) is 16.8. The second-order valence-corrected chi connectivity index (χ2v) is 8.98. The van der Waals surface area contributed by atoms with Gasteiger partial charge < -0.3 is 24.7 Å². The van der Waals surface area contributed by atoms with Crippen molar-refractivity contribution in [2.24, 2.45) is 7.05 Å². The van der Waals surface area contributed by atoms with E-state index in [1.807, 2.05) is 69.5 Å². The zero-order valence-electron chi connectivity index (χ0n) is 20.5. The number of anilines is 3. The number of nitrogens with one attached hydrogen (secondary N) is 2. The summed E-state index contributed by atoms with van der Waals surface area (Å²) in [7, 11) is 6.07.